The molecule has 23 heavy (non-hydrogen) atoms. The van der Waals surface area contributed by atoms with Gasteiger partial charge in [0.05, 0.1) is 13.1 Å². The minimum atomic E-state index is 0. The number of guanidine groups is 1. The van der Waals surface area contributed by atoms with Gasteiger partial charge >= 0.3 is 0 Å². The van der Waals surface area contributed by atoms with Crippen molar-refractivity contribution in [3.05, 3.63) is 46.6 Å². The van der Waals surface area contributed by atoms with E-state index in [1.807, 2.05) is 6.92 Å². The number of nitrogens with zero attached hydrogens (tertiary/aromatic N) is 3. The summed E-state index contributed by atoms with van der Waals surface area (Å²) in [5.74, 6) is 1.92. The maximum atomic E-state index is 4.95. The Hall–Kier alpha value is -1.64. The van der Waals surface area contributed by atoms with Gasteiger partial charge in [0.25, 0.3) is 0 Å². The molecule has 6 nitrogen and oxygen atoms in total. The number of rotatable bonds is 5. The van der Waals surface area contributed by atoms with Crippen LogP contribution >= 0.6 is 24.0 Å². The molecule has 0 saturated carbocycles. The van der Waals surface area contributed by atoms with Gasteiger partial charge in [-0.2, -0.15) is 4.98 Å². The maximum absolute atomic E-state index is 4.95. The number of benzene rings is 1. The first-order chi connectivity index (χ1) is 10.6. The van der Waals surface area contributed by atoms with Crippen molar-refractivity contribution in [3.8, 4) is 0 Å². The van der Waals surface area contributed by atoms with Crippen LogP contribution in [-0.2, 0) is 13.1 Å². The number of hydrogen-bond donors (Lipinski definition) is 2. The Morgan fingerprint density at radius 1 is 1.22 bits per heavy atom. The summed E-state index contributed by atoms with van der Waals surface area (Å²) in [6.07, 6.45) is 0. The molecule has 0 aliphatic heterocycles. The molecule has 0 saturated heterocycles. The highest BCUT2D eigenvalue weighted by atomic mass is 127. The van der Waals surface area contributed by atoms with E-state index in [1.165, 1.54) is 16.7 Å². The monoisotopic (exact) mass is 429 g/mol. The molecule has 1 aromatic heterocycles. The highest BCUT2D eigenvalue weighted by Gasteiger charge is 2.04. The topological polar surface area (TPSA) is 75.3 Å². The first-order valence-electron chi connectivity index (χ1n) is 7.46. The second kappa shape index (κ2) is 9.49. The Kier molecular flexibility index (Phi) is 8.01. The summed E-state index contributed by atoms with van der Waals surface area (Å²) in [7, 11) is 0. The van der Waals surface area contributed by atoms with E-state index in [0.717, 1.165) is 12.5 Å². The fourth-order valence-electron chi connectivity index (χ4n) is 2.11. The largest absolute Gasteiger partial charge is 0.357 e. The summed E-state index contributed by atoms with van der Waals surface area (Å²) in [5.41, 5.74) is 3.74. The normalized spacial score (nSPS) is 11.0. The van der Waals surface area contributed by atoms with E-state index in [1.54, 1.807) is 6.92 Å². The van der Waals surface area contributed by atoms with Crippen molar-refractivity contribution >= 4 is 29.9 Å². The molecule has 0 aliphatic carbocycles. The molecule has 0 radical (unpaired) electrons. The molecule has 0 spiro atoms. The molecular weight excluding hydrogens is 405 g/mol. The van der Waals surface area contributed by atoms with Crippen LogP contribution in [0.1, 0.15) is 35.3 Å². The maximum Gasteiger partial charge on any atom is 0.223 e. The first-order valence-corrected chi connectivity index (χ1v) is 7.46. The van der Waals surface area contributed by atoms with E-state index < -0.39 is 0 Å². The molecule has 2 N–H and O–H groups in total. The Bertz CT molecular complexity index is 654. The lowest BCUT2D eigenvalue weighted by Gasteiger charge is -2.10. The lowest BCUT2D eigenvalue weighted by Crippen LogP contribution is -2.37. The predicted molar refractivity (Wildman–Crippen MR) is 102 cm³/mol. The van der Waals surface area contributed by atoms with Gasteiger partial charge in [0.15, 0.2) is 11.8 Å². The van der Waals surface area contributed by atoms with E-state index in [-0.39, 0.29) is 24.0 Å². The fraction of sp³-hybridized carbons (Fsp3) is 0.438. The van der Waals surface area contributed by atoms with Gasteiger partial charge in [-0.05, 0) is 31.9 Å². The minimum Gasteiger partial charge on any atom is -0.357 e. The average Bonchev–Trinajstić information content (AvgIpc) is 2.89. The summed E-state index contributed by atoms with van der Waals surface area (Å²) in [6, 6.07) is 6.41. The van der Waals surface area contributed by atoms with Crippen LogP contribution in [0.4, 0.5) is 0 Å². The molecule has 0 fully saturated rings. The molecule has 0 atom stereocenters. The molecule has 0 amide bonds. The molecule has 1 heterocycles. The zero-order chi connectivity index (χ0) is 15.9. The van der Waals surface area contributed by atoms with Gasteiger partial charge in [-0.1, -0.05) is 28.9 Å². The van der Waals surface area contributed by atoms with Crippen molar-refractivity contribution in [1.82, 2.24) is 20.8 Å². The number of nitrogens with one attached hydrogen (secondary N) is 2. The van der Waals surface area contributed by atoms with Gasteiger partial charge in [0, 0.05) is 13.5 Å². The molecule has 0 bridgehead atoms. The molecule has 0 unspecified atom stereocenters. The van der Waals surface area contributed by atoms with Crippen LogP contribution in [0, 0.1) is 20.8 Å². The molecule has 0 aliphatic rings. The summed E-state index contributed by atoms with van der Waals surface area (Å²) < 4.78 is 4.95. The third kappa shape index (κ3) is 6.17. The Balaban J connectivity index is 0.00000264. The third-order valence-corrected chi connectivity index (χ3v) is 3.23. The van der Waals surface area contributed by atoms with E-state index in [0.29, 0.717) is 24.8 Å². The Morgan fingerprint density at radius 2 is 2.00 bits per heavy atom. The molecule has 7 heteroatoms. The quantitative estimate of drug-likeness (QED) is 0.435. The van der Waals surface area contributed by atoms with Crippen molar-refractivity contribution in [2.45, 2.75) is 40.8 Å². The van der Waals surface area contributed by atoms with Gasteiger partial charge in [-0.25, -0.2) is 4.99 Å². The lowest BCUT2D eigenvalue weighted by atomic mass is 10.1. The van der Waals surface area contributed by atoms with Crippen LogP contribution in [0.5, 0.6) is 0 Å². The summed E-state index contributed by atoms with van der Waals surface area (Å²) >= 11 is 0. The second-order valence-corrected chi connectivity index (χ2v) is 5.21. The summed E-state index contributed by atoms with van der Waals surface area (Å²) in [4.78, 5) is 8.77. The predicted octanol–water partition coefficient (Wildman–Crippen LogP) is 2.87. The number of aromatic nitrogens is 2. The SMILES string of the molecule is CCNC(=NCc1ccc(C)cc1C)NCc1noc(C)n1.I. The lowest BCUT2D eigenvalue weighted by molar-refractivity contribution is 0.387. The van der Waals surface area contributed by atoms with Crippen LogP contribution in [-0.4, -0.2) is 22.6 Å². The number of aryl methyl sites for hydroxylation is 3. The smallest absolute Gasteiger partial charge is 0.223 e. The second-order valence-electron chi connectivity index (χ2n) is 5.21. The fourth-order valence-corrected chi connectivity index (χ4v) is 2.11. The molecule has 126 valence electrons. The van der Waals surface area contributed by atoms with Gasteiger partial charge in [0.1, 0.15) is 0 Å². The number of aliphatic imine (C=N–C) groups is 1. The highest BCUT2D eigenvalue weighted by molar-refractivity contribution is 14.0. The number of halogens is 1. The van der Waals surface area contributed by atoms with Crippen LogP contribution < -0.4 is 10.6 Å². The Labute approximate surface area is 154 Å². The summed E-state index contributed by atoms with van der Waals surface area (Å²) in [6.45, 7) is 9.93. The van der Waals surface area contributed by atoms with Crippen LogP contribution in [0.2, 0.25) is 0 Å². The van der Waals surface area contributed by atoms with E-state index >= 15 is 0 Å². The van der Waals surface area contributed by atoms with Crippen molar-refractivity contribution in [2.75, 3.05) is 6.54 Å². The van der Waals surface area contributed by atoms with Crippen molar-refractivity contribution < 1.29 is 4.52 Å². The van der Waals surface area contributed by atoms with Crippen LogP contribution in [0.15, 0.2) is 27.7 Å². The van der Waals surface area contributed by atoms with E-state index in [2.05, 4.69) is 57.8 Å². The summed E-state index contributed by atoms with van der Waals surface area (Å²) in [5, 5.41) is 10.3. The van der Waals surface area contributed by atoms with Crippen LogP contribution in [0.25, 0.3) is 0 Å². The van der Waals surface area contributed by atoms with Gasteiger partial charge in [0.2, 0.25) is 5.89 Å². The molecule has 1 aromatic carbocycles. The van der Waals surface area contributed by atoms with Crippen molar-refractivity contribution in [1.29, 1.82) is 0 Å². The van der Waals surface area contributed by atoms with E-state index in [9.17, 15) is 0 Å². The highest BCUT2D eigenvalue weighted by Crippen LogP contribution is 2.11. The zero-order valence-electron chi connectivity index (χ0n) is 14.0. The molecule has 2 aromatic rings. The average molecular weight is 429 g/mol. The van der Waals surface area contributed by atoms with Gasteiger partial charge in [-0.15, -0.1) is 24.0 Å². The number of hydrogen-bond acceptors (Lipinski definition) is 4. The Morgan fingerprint density at radius 3 is 2.61 bits per heavy atom. The first kappa shape index (κ1) is 19.4. The van der Waals surface area contributed by atoms with Crippen LogP contribution in [0.3, 0.4) is 0 Å². The van der Waals surface area contributed by atoms with Gasteiger partial charge < -0.3 is 15.2 Å². The standard InChI is InChI=1S/C16H23N5O.HI/c1-5-17-16(19-10-15-20-13(4)22-21-15)18-9-14-7-6-11(2)8-12(14)3;/h6-8H,5,9-10H2,1-4H3,(H2,17,18,19);1H. The third-order valence-electron chi connectivity index (χ3n) is 3.23. The van der Waals surface area contributed by atoms with Crippen molar-refractivity contribution in [2.24, 2.45) is 4.99 Å². The molecule has 2 rings (SSSR count). The molecular formula is C16H24IN5O. The minimum absolute atomic E-state index is 0. The van der Waals surface area contributed by atoms with Gasteiger partial charge in [-0.3, -0.25) is 0 Å². The van der Waals surface area contributed by atoms with Crippen molar-refractivity contribution in [3.63, 3.8) is 0 Å². The van der Waals surface area contributed by atoms with E-state index in [4.69, 9.17) is 4.52 Å². The zero-order valence-corrected chi connectivity index (χ0v) is 16.3.